The number of hydrogen-bond acceptors (Lipinski definition) is 4. The average Bonchev–Trinajstić information content (AvgIpc) is 2.37. The smallest absolute Gasteiger partial charge is 0.239 e. The Bertz CT molecular complexity index is 312. The number of nitrogens with two attached hydrogens (primary N) is 1. The summed E-state index contributed by atoms with van der Waals surface area (Å²) in [6.07, 6.45) is 0.720. The highest BCUT2D eigenvalue weighted by Crippen LogP contribution is 2.08. The summed E-state index contributed by atoms with van der Waals surface area (Å²) in [6, 6.07) is -0.398. The maximum Gasteiger partial charge on any atom is 0.239 e. The molecule has 6 nitrogen and oxygen atoms in total. The summed E-state index contributed by atoms with van der Waals surface area (Å²) in [5.74, 6) is 0.470. The molecular weight excluding hydrogens is 244 g/mol. The molecule has 0 aromatic carbocycles. The third-order valence-corrected chi connectivity index (χ3v) is 3.37. The molecule has 2 amide bonds. The fraction of sp³-hybridized carbons (Fsp3) is 0.846. The molecule has 19 heavy (non-hydrogen) atoms. The first-order chi connectivity index (χ1) is 8.93. The van der Waals surface area contributed by atoms with E-state index < -0.39 is 6.04 Å². The number of nitrogens with one attached hydrogen (secondary N) is 1. The fourth-order valence-corrected chi connectivity index (χ4v) is 2.25. The Morgan fingerprint density at radius 1 is 1.21 bits per heavy atom. The van der Waals surface area contributed by atoms with Gasteiger partial charge in [-0.1, -0.05) is 13.8 Å². The number of nitrogens with zero attached hydrogens (tertiary/aromatic N) is 2. The van der Waals surface area contributed by atoms with Gasteiger partial charge in [-0.05, 0) is 12.3 Å². The molecule has 1 aliphatic rings. The van der Waals surface area contributed by atoms with Crippen molar-refractivity contribution in [2.45, 2.75) is 26.3 Å². The highest BCUT2D eigenvalue weighted by molar-refractivity contribution is 5.82. The quantitative estimate of drug-likeness (QED) is 0.689. The molecule has 0 spiro atoms. The molecule has 0 aromatic heterocycles. The van der Waals surface area contributed by atoms with Crippen LogP contribution in [0, 0.1) is 5.92 Å². The van der Waals surface area contributed by atoms with E-state index in [4.69, 9.17) is 5.73 Å². The number of piperazine rings is 1. The maximum atomic E-state index is 12.1. The molecular formula is C13H26N4O2. The van der Waals surface area contributed by atoms with E-state index in [0.717, 1.165) is 19.5 Å². The van der Waals surface area contributed by atoms with Crippen molar-refractivity contribution in [3.8, 4) is 0 Å². The molecule has 1 fully saturated rings. The van der Waals surface area contributed by atoms with Crippen molar-refractivity contribution < 1.29 is 9.59 Å². The molecule has 1 rings (SSSR count). The highest BCUT2D eigenvalue weighted by atomic mass is 16.2. The molecule has 3 N–H and O–H groups in total. The van der Waals surface area contributed by atoms with Gasteiger partial charge in [-0.25, -0.2) is 0 Å². The van der Waals surface area contributed by atoms with Crippen molar-refractivity contribution in [3.63, 3.8) is 0 Å². The van der Waals surface area contributed by atoms with Gasteiger partial charge in [-0.3, -0.25) is 14.5 Å². The van der Waals surface area contributed by atoms with E-state index >= 15 is 0 Å². The molecule has 0 saturated carbocycles. The van der Waals surface area contributed by atoms with Crippen LogP contribution < -0.4 is 11.1 Å². The van der Waals surface area contributed by atoms with Crippen LogP contribution >= 0.6 is 0 Å². The highest BCUT2D eigenvalue weighted by Gasteiger charge is 2.26. The standard InChI is InChI=1S/C13H26N4O2/c1-10(2)8-11(14)13(19)17-6-4-16(5-7-17)9-12(18)15-3/h10-11H,4-9,14H2,1-3H3,(H,15,18). The van der Waals surface area contributed by atoms with Gasteiger partial charge in [0, 0.05) is 33.2 Å². The molecule has 0 radical (unpaired) electrons. The predicted molar refractivity (Wildman–Crippen MR) is 74.5 cm³/mol. The molecule has 1 saturated heterocycles. The number of carbonyl (C=O) groups is 2. The van der Waals surface area contributed by atoms with Gasteiger partial charge in [-0.15, -0.1) is 0 Å². The second-order valence-corrected chi connectivity index (χ2v) is 5.51. The van der Waals surface area contributed by atoms with Crippen LogP contribution in [-0.2, 0) is 9.59 Å². The SMILES string of the molecule is CNC(=O)CN1CCN(C(=O)C(N)CC(C)C)CC1. The molecule has 1 aliphatic heterocycles. The summed E-state index contributed by atoms with van der Waals surface area (Å²) in [5, 5.41) is 2.60. The van der Waals surface area contributed by atoms with Gasteiger partial charge in [0.1, 0.15) is 0 Å². The average molecular weight is 270 g/mol. The van der Waals surface area contributed by atoms with Crippen molar-refractivity contribution in [3.05, 3.63) is 0 Å². The van der Waals surface area contributed by atoms with Crippen LogP contribution in [0.4, 0.5) is 0 Å². The van der Waals surface area contributed by atoms with Crippen molar-refractivity contribution >= 4 is 11.8 Å². The Morgan fingerprint density at radius 3 is 2.26 bits per heavy atom. The zero-order valence-electron chi connectivity index (χ0n) is 12.2. The Balaban J connectivity index is 2.36. The van der Waals surface area contributed by atoms with Gasteiger partial charge in [0.25, 0.3) is 0 Å². The zero-order valence-corrected chi connectivity index (χ0v) is 12.2. The van der Waals surface area contributed by atoms with Crippen LogP contribution in [-0.4, -0.2) is 67.4 Å². The van der Waals surface area contributed by atoms with E-state index in [-0.39, 0.29) is 11.8 Å². The Hall–Kier alpha value is -1.14. The second-order valence-electron chi connectivity index (χ2n) is 5.51. The maximum absolute atomic E-state index is 12.1. The van der Waals surface area contributed by atoms with Crippen molar-refractivity contribution in [1.29, 1.82) is 0 Å². The van der Waals surface area contributed by atoms with Gasteiger partial charge < -0.3 is 16.0 Å². The fourth-order valence-electron chi connectivity index (χ4n) is 2.25. The van der Waals surface area contributed by atoms with Crippen molar-refractivity contribution in [2.75, 3.05) is 39.8 Å². The lowest BCUT2D eigenvalue weighted by Crippen LogP contribution is -2.54. The van der Waals surface area contributed by atoms with Crippen molar-refractivity contribution in [1.82, 2.24) is 15.1 Å². The number of rotatable bonds is 5. The van der Waals surface area contributed by atoms with E-state index in [1.165, 1.54) is 0 Å². The summed E-state index contributed by atoms with van der Waals surface area (Å²) in [5.41, 5.74) is 5.92. The van der Waals surface area contributed by atoms with E-state index in [9.17, 15) is 9.59 Å². The third kappa shape index (κ3) is 5.16. The third-order valence-electron chi connectivity index (χ3n) is 3.37. The minimum absolute atomic E-state index is 0.0104. The van der Waals surface area contributed by atoms with Crippen LogP contribution in [0.15, 0.2) is 0 Å². The lowest BCUT2D eigenvalue weighted by Gasteiger charge is -2.35. The molecule has 110 valence electrons. The lowest BCUT2D eigenvalue weighted by atomic mass is 10.0. The van der Waals surface area contributed by atoms with Crippen LogP contribution in [0.2, 0.25) is 0 Å². The monoisotopic (exact) mass is 270 g/mol. The first-order valence-electron chi connectivity index (χ1n) is 6.91. The van der Waals surface area contributed by atoms with Gasteiger partial charge in [0.2, 0.25) is 11.8 Å². The van der Waals surface area contributed by atoms with Gasteiger partial charge in [-0.2, -0.15) is 0 Å². The molecule has 0 aliphatic carbocycles. The van der Waals surface area contributed by atoms with E-state index in [1.54, 1.807) is 7.05 Å². The second kappa shape index (κ2) is 7.45. The number of likely N-dealkylation sites (N-methyl/N-ethyl adjacent to an activating group) is 1. The Kier molecular flexibility index (Phi) is 6.24. The molecule has 0 aromatic rings. The normalized spacial score (nSPS) is 18.5. The topological polar surface area (TPSA) is 78.7 Å². The molecule has 1 atom stereocenters. The number of hydrogen-bond donors (Lipinski definition) is 2. The van der Waals surface area contributed by atoms with Crippen LogP contribution in [0.3, 0.4) is 0 Å². The summed E-state index contributed by atoms with van der Waals surface area (Å²) < 4.78 is 0. The Morgan fingerprint density at radius 2 is 1.79 bits per heavy atom. The first-order valence-corrected chi connectivity index (χ1v) is 6.91. The number of amides is 2. The molecule has 1 heterocycles. The minimum atomic E-state index is -0.398. The zero-order chi connectivity index (χ0) is 14.4. The Labute approximate surface area is 115 Å². The summed E-state index contributed by atoms with van der Waals surface area (Å²) in [7, 11) is 1.63. The van der Waals surface area contributed by atoms with E-state index in [2.05, 4.69) is 24.1 Å². The lowest BCUT2D eigenvalue weighted by molar-refractivity contribution is -0.135. The van der Waals surface area contributed by atoms with Crippen LogP contribution in [0.5, 0.6) is 0 Å². The van der Waals surface area contributed by atoms with E-state index in [1.807, 2.05) is 4.90 Å². The molecule has 0 bridgehead atoms. The van der Waals surface area contributed by atoms with E-state index in [0.29, 0.717) is 25.6 Å². The number of carbonyl (C=O) groups excluding carboxylic acids is 2. The van der Waals surface area contributed by atoms with Crippen molar-refractivity contribution in [2.24, 2.45) is 11.7 Å². The molecule has 1 unspecified atom stereocenters. The first kappa shape index (κ1) is 15.9. The van der Waals surface area contributed by atoms with Gasteiger partial charge in [0.15, 0.2) is 0 Å². The largest absolute Gasteiger partial charge is 0.358 e. The van der Waals surface area contributed by atoms with Crippen LogP contribution in [0.25, 0.3) is 0 Å². The minimum Gasteiger partial charge on any atom is -0.358 e. The summed E-state index contributed by atoms with van der Waals surface area (Å²) in [4.78, 5) is 27.3. The van der Waals surface area contributed by atoms with Crippen LogP contribution in [0.1, 0.15) is 20.3 Å². The summed E-state index contributed by atoms with van der Waals surface area (Å²) in [6.45, 7) is 7.30. The summed E-state index contributed by atoms with van der Waals surface area (Å²) >= 11 is 0. The van der Waals surface area contributed by atoms with Gasteiger partial charge in [0.05, 0.1) is 12.6 Å². The van der Waals surface area contributed by atoms with Gasteiger partial charge >= 0.3 is 0 Å². The predicted octanol–water partition coefficient (Wildman–Crippen LogP) is -0.750. The molecule has 6 heteroatoms.